The number of fused-ring (bicyclic) bond motifs is 2. The molecule has 7 nitrogen and oxygen atoms in total. The van der Waals surface area contributed by atoms with Gasteiger partial charge in [0.1, 0.15) is 0 Å². The number of carbonyl (C=O) groups is 2. The van der Waals surface area contributed by atoms with Crippen molar-refractivity contribution in [1.29, 1.82) is 5.41 Å². The minimum Gasteiger partial charge on any atom is -0.387 e. The Bertz CT molecular complexity index is 1680. The first-order valence-electron chi connectivity index (χ1n) is 13.8. The minimum absolute atomic E-state index is 0.0304. The Labute approximate surface area is 243 Å². The second-order valence-corrected chi connectivity index (χ2v) is 11.3. The molecule has 4 aromatic rings. The number of allylic oxidation sites excluding steroid dienone is 1. The summed E-state index contributed by atoms with van der Waals surface area (Å²) < 4.78 is 1.12. The van der Waals surface area contributed by atoms with Gasteiger partial charge in [-0.25, -0.2) is 4.98 Å². The third-order valence-corrected chi connectivity index (χ3v) is 8.79. The van der Waals surface area contributed by atoms with E-state index in [-0.39, 0.29) is 17.9 Å². The first-order chi connectivity index (χ1) is 20.1. The summed E-state index contributed by atoms with van der Waals surface area (Å²) in [6.45, 7) is 5.46. The van der Waals surface area contributed by atoms with Crippen LogP contribution >= 0.6 is 11.3 Å². The molecule has 41 heavy (non-hydrogen) atoms. The molecule has 0 spiro atoms. The van der Waals surface area contributed by atoms with Gasteiger partial charge in [0.2, 0.25) is 11.8 Å². The number of hydrogen-bond donors (Lipinski definition) is 3. The molecule has 1 fully saturated rings. The molecule has 206 valence electrons. The van der Waals surface area contributed by atoms with E-state index in [4.69, 9.17) is 10.4 Å². The van der Waals surface area contributed by atoms with Crippen molar-refractivity contribution in [3.05, 3.63) is 95.7 Å². The zero-order valence-corrected chi connectivity index (χ0v) is 23.5. The molecule has 2 aromatic heterocycles. The maximum Gasteiger partial charge on any atom is 0.245 e. The molecule has 2 aliphatic rings. The van der Waals surface area contributed by atoms with Gasteiger partial charge in [0.15, 0.2) is 0 Å². The Balaban J connectivity index is 1.43. The van der Waals surface area contributed by atoms with Gasteiger partial charge in [0.25, 0.3) is 0 Å². The monoisotopic (exact) mass is 561 g/mol. The molecular formula is C33H31N5O2S. The van der Waals surface area contributed by atoms with Gasteiger partial charge in [-0.2, -0.15) is 0 Å². The number of carbonyl (C=O) groups excluding carboxylic acids is 2. The summed E-state index contributed by atoms with van der Waals surface area (Å²) in [6, 6.07) is 18.7. The second kappa shape index (κ2) is 11.5. The highest BCUT2D eigenvalue weighted by Gasteiger charge is 2.23. The molecule has 0 unspecified atom stereocenters. The fourth-order valence-electron chi connectivity index (χ4n) is 5.65. The average Bonchev–Trinajstić information content (AvgIpc) is 3.51. The molecular weight excluding hydrogens is 530 g/mol. The zero-order chi connectivity index (χ0) is 28.3. The Morgan fingerprint density at radius 2 is 1.90 bits per heavy atom. The third kappa shape index (κ3) is 5.30. The van der Waals surface area contributed by atoms with E-state index >= 15 is 0 Å². The first kappa shape index (κ1) is 26.7. The largest absolute Gasteiger partial charge is 0.387 e. The first-order valence-corrected chi connectivity index (χ1v) is 14.7. The summed E-state index contributed by atoms with van der Waals surface area (Å²) in [6.07, 6.45) is 6.67. The van der Waals surface area contributed by atoms with E-state index in [0.29, 0.717) is 31.6 Å². The fourth-order valence-corrected chi connectivity index (χ4v) is 6.61. The SMILES string of the molecule is C=CC(=O)N1CCC(N/C=C(\C=N)c2nc(-c3ccc4c(c3)CNC(=O)C4)c3ccsc3c2-c2ccccc2)CC1. The van der Waals surface area contributed by atoms with E-state index in [1.54, 1.807) is 11.3 Å². The summed E-state index contributed by atoms with van der Waals surface area (Å²) in [7, 11) is 0. The van der Waals surface area contributed by atoms with Gasteiger partial charge in [0.05, 0.1) is 17.8 Å². The number of pyridine rings is 1. The van der Waals surface area contributed by atoms with Crippen LogP contribution in [0.3, 0.4) is 0 Å². The molecule has 0 radical (unpaired) electrons. The van der Waals surface area contributed by atoms with Crippen molar-refractivity contribution in [2.45, 2.75) is 31.8 Å². The maximum absolute atomic E-state index is 12.0. The molecule has 0 aliphatic carbocycles. The van der Waals surface area contributed by atoms with Crippen molar-refractivity contribution in [2.24, 2.45) is 0 Å². The van der Waals surface area contributed by atoms with Crippen LogP contribution in [0.1, 0.15) is 29.7 Å². The van der Waals surface area contributed by atoms with Gasteiger partial charge in [-0.15, -0.1) is 11.3 Å². The predicted octanol–water partition coefficient (Wildman–Crippen LogP) is 5.56. The number of piperidine rings is 1. The number of benzene rings is 2. The van der Waals surface area contributed by atoms with Crippen LogP contribution in [-0.4, -0.2) is 47.0 Å². The van der Waals surface area contributed by atoms with Gasteiger partial charge in [-0.3, -0.25) is 9.59 Å². The molecule has 0 bridgehead atoms. The molecule has 1 saturated heterocycles. The number of nitrogens with zero attached hydrogens (tertiary/aromatic N) is 2. The van der Waals surface area contributed by atoms with E-state index < -0.39 is 0 Å². The molecule has 2 aromatic carbocycles. The lowest BCUT2D eigenvalue weighted by Crippen LogP contribution is -2.43. The van der Waals surface area contributed by atoms with Crippen molar-refractivity contribution in [3.8, 4) is 22.4 Å². The average molecular weight is 562 g/mol. The van der Waals surface area contributed by atoms with Crippen LogP contribution in [0, 0.1) is 5.41 Å². The minimum atomic E-state index is -0.0304. The van der Waals surface area contributed by atoms with Crippen LogP contribution in [0.4, 0.5) is 0 Å². The van der Waals surface area contributed by atoms with Gasteiger partial charge < -0.3 is 20.9 Å². The summed E-state index contributed by atoms with van der Waals surface area (Å²) >= 11 is 1.67. The Kier molecular flexibility index (Phi) is 7.48. The molecule has 3 N–H and O–H groups in total. The number of hydrogen-bond acceptors (Lipinski definition) is 6. The highest BCUT2D eigenvalue weighted by atomic mass is 32.1. The summed E-state index contributed by atoms with van der Waals surface area (Å²) in [5.41, 5.74) is 7.49. The number of rotatable bonds is 7. The zero-order valence-electron chi connectivity index (χ0n) is 22.7. The van der Waals surface area contributed by atoms with Gasteiger partial charge >= 0.3 is 0 Å². The van der Waals surface area contributed by atoms with Crippen LogP contribution in [-0.2, 0) is 22.6 Å². The lowest BCUT2D eigenvalue weighted by molar-refractivity contribution is -0.127. The molecule has 6 rings (SSSR count). The standard InChI is InChI=1S/C33H31N5O2S/c1-2-29(40)38-13-10-26(11-14-38)35-20-25(18-34)32-30(21-6-4-3-5-7-21)33-27(12-15-41-33)31(37-32)23-9-8-22-17-28(39)36-19-24(22)16-23/h2-9,12,15-16,18,20,26,34-35H,1,10-11,13-14,17,19H2,(H,36,39)/b25-20+,34-18?. The highest BCUT2D eigenvalue weighted by molar-refractivity contribution is 7.17. The van der Waals surface area contributed by atoms with E-state index in [0.717, 1.165) is 62.1 Å². The van der Waals surface area contributed by atoms with Crippen LogP contribution in [0.25, 0.3) is 38.0 Å². The molecule has 8 heteroatoms. The van der Waals surface area contributed by atoms with Crippen molar-refractivity contribution in [2.75, 3.05) is 13.1 Å². The van der Waals surface area contributed by atoms with Crippen LogP contribution < -0.4 is 10.6 Å². The normalized spacial score (nSPS) is 15.8. The smallest absolute Gasteiger partial charge is 0.245 e. The third-order valence-electron chi connectivity index (χ3n) is 7.86. The Morgan fingerprint density at radius 3 is 2.66 bits per heavy atom. The molecule has 4 heterocycles. The van der Waals surface area contributed by atoms with E-state index in [9.17, 15) is 9.59 Å². The molecule has 2 aliphatic heterocycles. The molecule has 0 saturated carbocycles. The van der Waals surface area contributed by atoms with Gasteiger partial charge in [-0.05, 0) is 53.1 Å². The highest BCUT2D eigenvalue weighted by Crippen LogP contribution is 2.41. The fraction of sp³-hybridized carbons (Fsp3) is 0.212. The predicted molar refractivity (Wildman–Crippen MR) is 166 cm³/mol. The van der Waals surface area contributed by atoms with Crippen molar-refractivity contribution >= 4 is 45.0 Å². The molecule has 0 atom stereocenters. The lowest BCUT2D eigenvalue weighted by atomic mass is 9.93. The summed E-state index contributed by atoms with van der Waals surface area (Å²) in [5, 5.41) is 18.0. The van der Waals surface area contributed by atoms with E-state index in [1.807, 2.05) is 41.4 Å². The maximum atomic E-state index is 12.0. The van der Waals surface area contributed by atoms with Gasteiger partial charge in [-0.1, -0.05) is 49.0 Å². The van der Waals surface area contributed by atoms with Crippen molar-refractivity contribution in [3.63, 3.8) is 0 Å². The van der Waals surface area contributed by atoms with Crippen molar-refractivity contribution < 1.29 is 9.59 Å². The number of likely N-dealkylation sites (tertiary alicyclic amines) is 1. The number of thiophene rings is 1. The summed E-state index contributed by atoms with van der Waals surface area (Å²) in [4.78, 5) is 31.0. The number of aromatic nitrogens is 1. The van der Waals surface area contributed by atoms with E-state index in [1.165, 1.54) is 12.3 Å². The number of amides is 2. The lowest BCUT2D eigenvalue weighted by Gasteiger charge is -2.31. The van der Waals surface area contributed by atoms with Crippen LogP contribution in [0.15, 0.2) is 78.8 Å². The summed E-state index contributed by atoms with van der Waals surface area (Å²) in [5.74, 6) is 0.0153. The molecule has 2 amide bonds. The second-order valence-electron chi connectivity index (χ2n) is 10.4. The topological polar surface area (TPSA) is 98.2 Å². The quantitative estimate of drug-likeness (QED) is 0.203. The number of nitrogens with one attached hydrogen (secondary N) is 3. The van der Waals surface area contributed by atoms with Gasteiger partial charge in [0, 0.05) is 64.9 Å². The van der Waals surface area contributed by atoms with Crippen LogP contribution in [0.5, 0.6) is 0 Å². The van der Waals surface area contributed by atoms with Crippen molar-refractivity contribution in [1.82, 2.24) is 20.5 Å². The van der Waals surface area contributed by atoms with Crippen LogP contribution in [0.2, 0.25) is 0 Å². The Hall–Kier alpha value is -4.56. The van der Waals surface area contributed by atoms with E-state index in [2.05, 4.69) is 46.9 Å². The Morgan fingerprint density at radius 1 is 1.10 bits per heavy atom.